The molecule has 104 valence electrons. The second-order valence-electron chi connectivity index (χ2n) is 4.50. The molecule has 0 fully saturated rings. The van der Waals surface area contributed by atoms with Crippen LogP contribution in [0.5, 0.6) is 0 Å². The third-order valence-corrected chi connectivity index (χ3v) is 4.07. The third-order valence-electron chi connectivity index (χ3n) is 2.91. The number of carbonyl (C=O) groups excluding carboxylic acids is 1. The van der Waals surface area contributed by atoms with Crippen LogP contribution in [0.4, 0.5) is 5.69 Å². The van der Waals surface area contributed by atoms with Gasteiger partial charge in [0.05, 0.1) is 0 Å². The molecule has 1 amide bonds. The first-order valence-corrected chi connectivity index (χ1v) is 7.17. The maximum absolute atomic E-state index is 11.3. The molecule has 0 aromatic heterocycles. The van der Waals surface area contributed by atoms with Crippen molar-refractivity contribution in [2.75, 3.05) is 5.73 Å². The Morgan fingerprint density at radius 3 is 2.50 bits per heavy atom. The molecule has 0 spiro atoms. The summed E-state index contributed by atoms with van der Waals surface area (Å²) in [5, 5.41) is 0. The van der Waals surface area contributed by atoms with Gasteiger partial charge in [-0.2, -0.15) is 0 Å². The van der Waals surface area contributed by atoms with Gasteiger partial charge < -0.3 is 5.73 Å². The van der Waals surface area contributed by atoms with Crippen molar-refractivity contribution >= 4 is 23.4 Å². The van der Waals surface area contributed by atoms with E-state index >= 15 is 0 Å². The van der Waals surface area contributed by atoms with E-state index in [0.717, 1.165) is 27.5 Å². The highest BCUT2D eigenvalue weighted by Gasteiger charge is 2.04. The number of carbonyl (C=O) groups is 1. The zero-order chi connectivity index (χ0) is 14.5. The molecule has 2 aromatic carbocycles. The number of amides is 1. The van der Waals surface area contributed by atoms with Crippen molar-refractivity contribution < 1.29 is 4.79 Å². The molecule has 4 nitrogen and oxygen atoms in total. The Hall–Kier alpha value is -1.98. The number of benzene rings is 2. The van der Waals surface area contributed by atoms with E-state index in [4.69, 9.17) is 11.6 Å². The molecule has 0 saturated heterocycles. The van der Waals surface area contributed by atoms with Crippen molar-refractivity contribution in [3.63, 3.8) is 0 Å². The standard InChI is InChI=1S/C15H17N3OS/c1-10-2-7-14(13(16)8-10)20-9-11-3-5-12(6-4-11)15(19)18-17/h2-8H,9,16-17H2,1H3,(H,18,19). The van der Waals surface area contributed by atoms with Gasteiger partial charge in [-0.15, -0.1) is 11.8 Å². The molecule has 0 aliphatic carbocycles. The van der Waals surface area contributed by atoms with E-state index in [1.807, 2.05) is 37.3 Å². The fourth-order valence-electron chi connectivity index (χ4n) is 1.80. The van der Waals surface area contributed by atoms with Gasteiger partial charge in [0, 0.05) is 21.9 Å². The Balaban J connectivity index is 2.02. The normalized spacial score (nSPS) is 10.3. The lowest BCUT2D eigenvalue weighted by Crippen LogP contribution is -2.29. The lowest BCUT2D eigenvalue weighted by atomic mass is 10.1. The van der Waals surface area contributed by atoms with Crippen LogP contribution >= 0.6 is 11.8 Å². The largest absolute Gasteiger partial charge is 0.398 e. The number of hydrazine groups is 1. The van der Waals surface area contributed by atoms with E-state index in [1.165, 1.54) is 0 Å². The molecule has 0 bridgehead atoms. The van der Waals surface area contributed by atoms with Crippen LogP contribution in [0.2, 0.25) is 0 Å². The fourth-order valence-corrected chi connectivity index (χ4v) is 2.70. The maximum Gasteiger partial charge on any atom is 0.265 e. The summed E-state index contributed by atoms with van der Waals surface area (Å²) in [6.07, 6.45) is 0. The summed E-state index contributed by atoms with van der Waals surface area (Å²) >= 11 is 1.68. The summed E-state index contributed by atoms with van der Waals surface area (Å²) in [6, 6.07) is 13.4. The number of thioether (sulfide) groups is 1. The molecule has 0 aliphatic heterocycles. The quantitative estimate of drug-likeness (QED) is 0.265. The summed E-state index contributed by atoms with van der Waals surface area (Å²) in [5.41, 5.74) is 11.7. The predicted molar refractivity (Wildman–Crippen MR) is 83.2 cm³/mol. The van der Waals surface area contributed by atoms with E-state index in [9.17, 15) is 4.79 Å². The molecule has 0 saturated carbocycles. The smallest absolute Gasteiger partial charge is 0.265 e. The summed E-state index contributed by atoms with van der Waals surface area (Å²) < 4.78 is 0. The van der Waals surface area contributed by atoms with Crippen LogP contribution in [0.3, 0.4) is 0 Å². The van der Waals surface area contributed by atoms with Gasteiger partial charge in [0.15, 0.2) is 0 Å². The topological polar surface area (TPSA) is 81.1 Å². The summed E-state index contributed by atoms with van der Waals surface area (Å²) in [7, 11) is 0. The van der Waals surface area contributed by atoms with E-state index in [2.05, 4.69) is 5.43 Å². The molecule has 0 radical (unpaired) electrons. The fraction of sp³-hybridized carbons (Fsp3) is 0.133. The van der Waals surface area contributed by atoms with Gasteiger partial charge in [0.25, 0.3) is 5.91 Å². The number of aryl methyl sites for hydroxylation is 1. The molecular weight excluding hydrogens is 270 g/mol. The van der Waals surface area contributed by atoms with Gasteiger partial charge in [-0.3, -0.25) is 10.2 Å². The van der Waals surface area contributed by atoms with Gasteiger partial charge in [-0.25, -0.2) is 5.84 Å². The third kappa shape index (κ3) is 3.53. The number of rotatable bonds is 4. The molecule has 2 rings (SSSR count). The number of hydrogen-bond acceptors (Lipinski definition) is 4. The molecule has 20 heavy (non-hydrogen) atoms. The van der Waals surface area contributed by atoms with Crippen LogP contribution in [0, 0.1) is 6.92 Å². The van der Waals surface area contributed by atoms with Gasteiger partial charge >= 0.3 is 0 Å². The second kappa shape index (κ2) is 6.45. The summed E-state index contributed by atoms with van der Waals surface area (Å²) in [4.78, 5) is 12.4. The Morgan fingerprint density at radius 2 is 1.90 bits per heavy atom. The molecule has 0 aliphatic rings. The minimum absolute atomic E-state index is 0.285. The molecule has 5 heteroatoms. The first-order chi connectivity index (χ1) is 9.60. The summed E-state index contributed by atoms with van der Waals surface area (Å²) in [6.45, 7) is 2.02. The molecule has 2 aromatic rings. The number of nitrogen functional groups attached to an aromatic ring is 2. The Morgan fingerprint density at radius 1 is 1.20 bits per heavy atom. The highest BCUT2D eigenvalue weighted by Crippen LogP contribution is 2.28. The second-order valence-corrected chi connectivity index (χ2v) is 5.52. The minimum Gasteiger partial charge on any atom is -0.398 e. The van der Waals surface area contributed by atoms with Crippen LogP contribution in [-0.2, 0) is 5.75 Å². The van der Waals surface area contributed by atoms with Crippen LogP contribution in [0.15, 0.2) is 47.4 Å². The molecule has 5 N–H and O–H groups in total. The zero-order valence-corrected chi connectivity index (χ0v) is 12.0. The highest BCUT2D eigenvalue weighted by atomic mass is 32.2. The number of nitrogens with one attached hydrogen (secondary N) is 1. The van der Waals surface area contributed by atoms with Gasteiger partial charge in [0.2, 0.25) is 0 Å². The lowest BCUT2D eigenvalue weighted by molar-refractivity contribution is 0.0953. The number of hydrogen-bond donors (Lipinski definition) is 3. The summed E-state index contributed by atoms with van der Waals surface area (Å²) in [5.74, 6) is 5.61. The van der Waals surface area contributed by atoms with Gasteiger partial charge in [-0.05, 0) is 42.3 Å². The SMILES string of the molecule is Cc1ccc(SCc2ccc(C(=O)NN)cc2)c(N)c1. The minimum atomic E-state index is -0.285. The first kappa shape index (κ1) is 14.4. The van der Waals surface area contributed by atoms with Crippen LogP contribution < -0.4 is 17.0 Å². The average molecular weight is 287 g/mol. The van der Waals surface area contributed by atoms with Crippen molar-refractivity contribution in [2.45, 2.75) is 17.6 Å². The van der Waals surface area contributed by atoms with Gasteiger partial charge in [-0.1, -0.05) is 18.2 Å². The van der Waals surface area contributed by atoms with Crippen molar-refractivity contribution in [2.24, 2.45) is 5.84 Å². The van der Waals surface area contributed by atoms with Crippen LogP contribution in [0.1, 0.15) is 21.5 Å². The molecule has 0 heterocycles. The molecule has 0 unspecified atom stereocenters. The van der Waals surface area contributed by atoms with E-state index in [0.29, 0.717) is 5.56 Å². The van der Waals surface area contributed by atoms with E-state index in [-0.39, 0.29) is 5.91 Å². The predicted octanol–water partition coefficient (Wildman–Crippen LogP) is 2.47. The Bertz CT molecular complexity index is 611. The van der Waals surface area contributed by atoms with Crippen LogP contribution in [0.25, 0.3) is 0 Å². The molecular formula is C15H17N3OS. The lowest BCUT2D eigenvalue weighted by Gasteiger charge is -2.07. The number of anilines is 1. The Kier molecular flexibility index (Phi) is 4.65. The van der Waals surface area contributed by atoms with Crippen molar-refractivity contribution in [3.05, 3.63) is 59.2 Å². The van der Waals surface area contributed by atoms with E-state index < -0.39 is 0 Å². The maximum atomic E-state index is 11.3. The number of nitrogens with two attached hydrogens (primary N) is 2. The van der Waals surface area contributed by atoms with Gasteiger partial charge in [0.1, 0.15) is 0 Å². The molecule has 0 atom stereocenters. The van der Waals surface area contributed by atoms with Crippen LogP contribution in [-0.4, -0.2) is 5.91 Å². The monoisotopic (exact) mass is 287 g/mol. The van der Waals surface area contributed by atoms with Crippen molar-refractivity contribution in [1.29, 1.82) is 0 Å². The average Bonchev–Trinajstić information content (AvgIpc) is 2.46. The first-order valence-electron chi connectivity index (χ1n) is 6.19. The zero-order valence-electron chi connectivity index (χ0n) is 11.2. The van der Waals surface area contributed by atoms with E-state index in [1.54, 1.807) is 23.9 Å². The Labute approximate surface area is 122 Å². The van der Waals surface area contributed by atoms with Crippen molar-refractivity contribution in [1.82, 2.24) is 5.43 Å². The van der Waals surface area contributed by atoms with Crippen molar-refractivity contribution in [3.8, 4) is 0 Å². The highest BCUT2D eigenvalue weighted by molar-refractivity contribution is 7.98.